The van der Waals surface area contributed by atoms with Gasteiger partial charge >= 0.3 is 5.97 Å². The summed E-state index contributed by atoms with van der Waals surface area (Å²) in [4.78, 5) is 15.4. The summed E-state index contributed by atoms with van der Waals surface area (Å²) in [6.07, 6.45) is 5.64. The first kappa shape index (κ1) is 28.5. The van der Waals surface area contributed by atoms with E-state index in [2.05, 4.69) is 27.9 Å². The number of benzene rings is 3. The number of aromatic nitrogens is 1. The molecule has 1 aromatic heterocycles. The lowest BCUT2D eigenvalue weighted by Crippen LogP contribution is -2.29. The lowest BCUT2D eigenvalue weighted by molar-refractivity contribution is -0.136. The number of nitrogens with zero attached hydrogens (tertiary/aromatic N) is 1. The van der Waals surface area contributed by atoms with E-state index < -0.39 is 16.0 Å². The van der Waals surface area contributed by atoms with Gasteiger partial charge in [0.2, 0.25) is 10.0 Å². The molecule has 202 valence electrons. The van der Waals surface area contributed by atoms with Crippen LogP contribution in [0.3, 0.4) is 0 Å². The van der Waals surface area contributed by atoms with E-state index in [-0.39, 0.29) is 29.7 Å². The Morgan fingerprint density at radius 3 is 2.18 bits per heavy atom. The summed E-state index contributed by atoms with van der Waals surface area (Å²) in [5.41, 5.74) is 4.20. The van der Waals surface area contributed by atoms with Gasteiger partial charge in [0.25, 0.3) is 0 Å². The molecule has 0 saturated heterocycles. The van der Waals surface area contributed by atoms with Gasteiger partial charge in [-0.1, -0.05) is 72.3 Å². The smallest absolute Gasteiger partial charge is 0.303 e. The Morgan fingerprint density at radius 2 is 1.54 bits per heavy atom. The van der Waals surface area contributed by atoms with Crippen LogP contribution in [0.4, 0.5) is 0 Å². The van der Waals surface area contributed by atoms with Crippen LogP contribution < -0.4 is 4.72 Å². The third-order valence-electron chi connectivity index (χ3n) is 6.81. The van der Waals surface area contributed by atoms with Gasteiger partial charge in [0, 0.05) is 36.3 Å². The lowest BCUT2D eigenvalue weighted by atomic mass is 9.84. The maximum Gasteiger partial charge on any atom is 0.303 e. The Hall–Kier alpha value is -3.52. The van der Waals surface area contributed by atoms with Gasteiger partial charge in [0.15, 0.2) is 0 Å². The molecular weight excluding hydrogens is 532 g/mol. The van der Waals surface area contributed by atoms with Gasteiger partial charge in [-0.15, -0.1) is 0 Å². The Balaban J connectivity index is 1.57. The molecule has 0 fully saturated rings. The van der Waals surface area contributed by atoms with Crippen molar-refractivity contribution in [2.24, 2.45) is 0 Å². The molecule has 0 radical (unpaired) electrons. The zero-order valence-electron chi connectivity index (χ0n) is 21.4. The van der Waals surface area contributed by atoms with Crippen LogP contribution in [0, 0.1) is 0 Å². The fraction of sp³-hybridized carbons (Fsp3) is 0.226. The van der Waals surface area contributed by atoms with Crippen LogP contribution in [0.25, 0.3) is 0 Å². The number of sulfonamides is 1. The summed E-state index contributed by atoms with van der Waals surface area (Å²) in [6, 6.07) is 28.1. The molecule has 1 heterocycles. The number of carboxylic acid groups (broad SMARTS) is 1. The maximum atomic E-state index is 13.0. The number of carbonyl (C=O) groups is 1. The van der Waals surface area contributed by atoms with Crippen LogP contribution >= 0.6 is 11.6 Å². The lowest BCUT2D eigenvalue weighted by Gasteiger charge is -2.23. The molecule has 2 unspecified atom stereocenters. The Labute approximate surface area is 234 Å². The zero-order chi connectivity index (χ0) is 27.7. The van der Waals surface area contributed by atoms with Crippen molar-refractivity contribution in [1.82, 2.24) is 9.71 Å². The van der Waals surface area contributed by atoms with Gasteiger partial charge in [0.05, 0.1) is 4.90 Å². The number of rotatable bonds is 13. The second kappa shape index (κ2) is 13.5. The van der Waals surface area contributed by atoms with Crippen molar-refractivity contribution in [2.75, 3.05) is 6.54 Å². The molecule has 8 heteroatoms. The average molecular weight is 563 g/mol. The molecule has 4 rings (SSSR count). The molecule has 39 heavy (non-hydrogen) atoms. The number of hydrogen-bond donors (Lipinski definition) is 2. The van der Waals surface area contributed by atoms with Gasteiger partial charge in [-0.2, -0.15) is 0 Å². The summed E-state index contributed by atoms with van der Waals surface area (Å²) in [7, 11) is -3.73. The maximum absolute atomic E-state index is 13.0. The monoisotopic (exact) mass is 562 g/mol. The number of nitrogens with one attached hydrogen (secondary N) is 1. The molecule has 0 bridgehead atoms. The van der Waals surface area contributed by atoms with Crippen molar-refractivity contribution < 1.29 is 18.3 Å². The van der Waals surface area contributed by atoms with E-state index in [4.69, 9.17) is 16.7 Å². The number of carboxylic acids is 1. The number of halogens is 1. The SMILES string of the molecule is O=C(O)CCc1ccc(C(CCC(c2ccccc2)c2cccnc2)CNS(=O)(=O)c2ccc(Cl)cc2)cc1. The molecule has 0 aliphatic carbocycles. The Kier molecular flexibility index (Phi) is 9.87. The molecule has 3 aromatic carbocycles. The molecule has 0 aliphatic heterocycles. The van der Waals surface area contributed by atoms with E-state index >= 15 is 0 Å². The molecule has 0 spiro atoms. The van der Waals surface area contributed by atoms with Crippen molar-refractivity contribution >= 4 is 27.6 Å². The van der Waals surface area contributed by atoms with Gasteiger partial charge in [0.1, 0.15) is 0 Å². The minimum absolute atomic E-state index is 0.0630. The van der Waals surface area contributed by atoms with E-state index in [9.17, 15) is 13.2 Å². The number of aliphatic carboxylic acids is 1. The summed E-state index contributed by atoms with van der Waals surface area (Å²) in [5.74, 6) is -0.843. The molecule has 0 amide bonds. The van der Waals surface area contributed by atoms with Gasteiger partial charge in [-0.3, -0.25) is 9.78 Å². The minimum Gasteiger partial charge on any atom is -0.481 e. The highest BCUT2D eigenvalue weighted by Gasteiger charge is 2.22. The average Bonchev–Trinajstić information content (AvgIpc) is 2.95. The van der Waals surface area contributed by atoms with Crippen LogP contribution in [-0.2, 0) is 21.2 Å². The fourth-order valence-corrected chi connectivity index (χ4v) is 5.87. The highest BCUT2D eigenvalue weighted by Crippen LogP contribution is 2.33. The van der Waals surface area contributed by atoms with E-state index in [0.717, 1.165) is 23.1 Å². The van der Waals surface area contributed by atoms with Crippen LogP contribution in [0.1, 0.15) is 53.4 Å². The van der Waals surface area contributed by atoms with Gasteiger partial charge in [-0.05, 0) is 77.8 Å². The van der Waals surface area contributed by atoms with Crippen LogP contribution in [0.2, 0.25) is 5.02 Å². The van der Waals surface area contributed by atoms with Gasteiger partial charge < -0.3 is 5.11 Å². The quantitative estimate of drug-likeness (QED) is 0.196. The van der Waals surface area contributed by atoms with E-state index in [1.807, 2.05) is 54.7 Å². The molecule has 0 saturated carbocycles. The van der Waals surface area contributed by atoms with Crippen molar-refractivity contribution in [3.63, 3.8) is 0 Å². The first-order chi connectivity index (χ1) is 18.8. The van der Waals surface area contributed by atoms with Crippen molar-refractivity contribution in [2.45, 2.75) is 42.4 Å². The predicted octanol–water partition coefficient (Wildman–Crippen LogP) is 6.43. The number of aryl methyl sites for hydroxylation is 1. The van der Waals surface area contributed by atoms with Crippen LogP contribution in [0.15, 0.2) is 108 Å². The van der Waals surface area contributed by atoms with Crippen LogP contribution in [-0.4, -0.2) is 31.0 Å². The normalized spacial score (nSPS) is 13.1. The Morgan fingerprint density at radius 1 is 0.846 bits per heavy atom. The Bertz CT molecular complexity index is 1410. The number of hydrogen-bond acceptors (Lipinski definition) is 4. The highest BCUT2D eigenvalue weighted by atomic mass is 35.5. The second-order valence-electron chi connectivity index (χ2n) is 9.47. The topological polar surface area (TPSA) is 96.4 Å². The molecule has 0 aliphatic rings. The highest BCUT2D eigenvalue weighted by molar-refractivity contribution is 7.89. The van der Waals surface area contributed by atoms with Crippen molar-refractivity contribution in [1.29, 1.82) is 0 Å². The summed E-state index contributed by atoms with van der Waals surface area (Å²) in [5, 5.41) is 9.48. The summed E-state index contributed by atoms with van der Waals surface area (Å²) in [6.45, 7) is 0.216. The minimum atomic E-state index is -3.73. The summed E-state index contributed by atoms with van der Waals surface area (Å²) >= 11 is 5.94. The van der Waals surface area contributed by atoms with Gasteiger partial charge in [-0.25, -0.2) is 13.1 Å². The van der Waals surface area contributed by atoms with E-state index in [1.165, 1.54) is 17.7 Å². The van der Waals surface area contributed by atoms with Crippen molar-refractivity contribution in [3.05, 3.63) is 131 Å². The van der Waals surface area contributed by atoms with E-state index in [0.29, 0.717) is 17.9 Å². The number of pyridine rings is 1. The molecule has 2 N–H and O–H groups in total. The standard InChI is InChI=1S/C31H31ClN2O4S/c32-28-14-16-29(17-15-28)39(37,38)34-22-26(24-11-8-23(9-12-24)10-19-31(35)36)13-18-30(25-5-2-1-3-6-25)27-7-4-20-33-21-27/h1-9,11-12,14-17,20-21,26,30,34H,10,13,18-19,22H2,(H,35,36). The van der Waals surface area contributed by atoms with E-state index in [1.54, 1.807) is 18.3 Å². The molecule has 2 atom stereocenters. The first-order valence-corrected chi connectivity index (χ1v) is 14.7. The molecular formula is C31H31ClN2O4S. The molecule has 6 nitrogen and oxygen atoms in total. The predicted molar refractivity (Wildman–Crippen MR) is 154 cm³/mol. The van der Waals surface area contributed by atoms with Crippen molar-refractivity contribution in [3.8, 4) is 0 Å². The molecule has 4 aromatic rings. The second-order valence-corrected chi connectivity index (χ2v) is 11.7. The largest absolute Gasteiger partial charge is 0.481 e. The fourth-order valence-electron chi connectivity index (χ4n) is 4.66. The summed E-state index contributed by atoms with van der Waals surface area (Å²) < 4.78 is 28.9. The first-order valence-electron chi connectivity index (χ1n) is 12.8. The zero-order valence-corrected chi connectivity index (χ0v) is 23.0. The van der Waals surface area contributed by atoms with Crippen LogP contribution in [0.5, 0.6) is 0 Å². The third-order valence-corrected chi connectivity index (χ3v) is 8.51. The third kappa shape index (κ3) is 8.23.